The van der Waals surface area contributed by atoms with E-state index >= 15 is 0 Å². The predicted octanol–water partition coefficient (Wildman–Crippen LogP) is 5.99. The van der Waals surface area contributed by atoms with Gasteiger partial charge in [0.1, 0.15) is 11.0 Å². The van der Waals surface area contributed by atoms with E-state index in [-0.39, 0.29) is 0 Å². The van der Waals surface area contributed by atoms with Crippen molar-refractivity contribution in [3.63, 3.8) is 0 Å². The molecular weight excluding hydrogens is 538 g/mol. The highest BCUT2D eigenvalue weighted by Crippen LogP contribution is 2.28. The summed E-state index contributed by atoms with van der Waals surface area (Å²) in [4.78, 5) is 25.8. The van der Waals surface area contributed by atoms with Gasteiger partial charge in [0.05, 0.1) is 5.69 Å². The maximum Gasteiger partial charge on any atom is 0.319 e. The van der Waals surface area contributed by atoms with Crippen LogP contribution in [0.15, 0.2) is 83.3 Å². The van der Waals surface area contributed by atoms with Gasteiger partial charge >= 0.3 is 6.03 Å². The Morgan fingerprint density at radius 2 is 1.71 bits per heavy atom. The summed E-state index contributed by atoms with van der Waals surface area (Å²) in [6.07, 6.45) is 0.302. The summed E-state index contributed by atoms with van der Waals surface area (Å²) >= 11 is 10.7. The number of hydrogen-bond donors (Lipinski definition) is 3. The van der Waals surface area contributed by atoms with Crippen LogP contribution < -0.4 is 16.0 Å². The van der Waals surface area contributed by atoms with Crippen LogP contribution in [0, 0.1) is 0 Å². The molecule has 1 heterocycles. The molecule has 1 aromatic heterocycles. The molecule has 0 bridgehead atoms. The van der Waals surface area contributed by atoms with Gasteiger partial charge in [0.25, 0.3) is 0 Å². The number of hydrogen-bond acceptors (Lipinski definition) is 5. The van der Waals surface area contributed by atoms with Crippen LogP contribution in [0.25, 0.3) is 10.6 Å². The highest BCUT2D eigenvalue weighted by atomic mass is 79.9. The average molecular weight is 557 g/mol. The molecule has 10 heteroatoms. The van der Waals surface area contributed by atoms with Crippen LogP contribution in [0.1, 0.15) is 5.56 Å². The second-order valence-corrected chi connectivity index (χ2v) is 9.50. The Morgan fingerprint density at radius 1 is 0.941 bits per heavy atom. The fraction of sp³-hybridized carbons (Fsp3) is 0.0833. The van der Waals surface area contributed by atoms with E-state index in [0.717, 1.165) is 15.6 Å². The van der Waals surface area contributed by atoms with Gasteiger partial charge in [-0.05, 0) is 45.8 Å². The fourth-order valence-electron chi connectivity index (χ4n) is 3.14. The van der Waals surface area contributed by atoms with Gasteiger partial charge in [-0.15, -0.1) is 10.2 Å². The Hall–Kier alpha value is -3.27. The summed E-state index contributed by atoms with van der Waals surface area (Å²) < 4.78 is 0.733. The molecule has 172 valence electrons. The van der Waals surface area contributed by atoms with Crippen molar-refractivity contribution in [3.05, 3.63) is 93.9 Å². The topological polar surface area (TPSA) is 96.0 Å². The Labute approximate surface area is 213 Å². The molecule has 34 heavy (non-hydrogen) atoms. The number of urea groups is 1. The zero-order valence-electron chi connectivity index (χ0n) is 17.7. The number of aromatic nitrogens is 2. The number of para-hydroxylation sites is 1. The molecule has 1 atom stereocenters. The maximum absolute atomic E-state index is 13.1. The van der Waals surface area contributed by atoms with Gasteiger partial charge in [-0.3, -0.25) is 10.1 Å². The summed E-state index contributed by atoms with van der Waals surface area (Å²) in [6.45, 7) is 0. The molecule has 0 aliphatic heterocycles. The van der Waals surface area contributed by atoms with Crippen LogP contribution in [0.2, 0.25) is 5.02 Å². The standard InChI is InChI=1S/C24H19BrClN5O2S/c25-18-11-4-5-12-19(18)27-23(33)28-20(13-15-7-2-1-3-8-15)21(32)29-24-31-30-22(34-24)16-9-6-10-17(26)14-16/h1-12,14,20H,13H2,(H2,27,28,33)(H,29,31,32)/t20-/m1/s1. The summed E-state index contributed by atoms with van der Waals surface area (Å²) in [6, 6.07) is 22.6. The van der Waals surface area contributed by atoms with E-state index in [1.54, 1.807) is 18.2 Å². The minimum atomic E-state index is -0.844. The number of anilines is 2. The molecule has 0 radical (unpaired) electrons. The maximum atomic E-state index is 13.1. The second kappa shape index (κ2) is 11.2. The summed E-state index contributed by atoms with van der Waals surface area (Å²) in [5.74, 6) is -0.403. The zero-order chi connectivity index (χ0) is 23.9. The first-order valence-corrected chi connectivity index (χ1v) is 12.2. The van der Waals surface area contributed by atoms with E-state index < -0.39 is 18.0 Å². The van der Waals surface area contributed by atoms with Crippen molar-refractivity contribution < 1.29 is 9.59 Å². The summed E-state index contributed by atoms with van der Waals surface area (Å²) in [7, 11) is 0. The average Bonchev–Trinajstić information content (AvgIpc) is 3.29. The number of nitrogens with zero attached hydrogens (tertiary/aromatic N) is 2. The number of halogens is 2. The Bertz CT molecular complexity index is 1300. The van der Waals surface area contributed by atoms with Gasteiger partial charge in [0, 0.05) is 21.5 Å². The van der Waals surface area contributed by atoms with Crippen LogP contribution >= 0.6 is 38.9 Å². The van der Waals surface area contributed by atoms with Gasteiger partial charge in [0.2, 0.25) is 11.0 Å². The highest BCUT2D eigenvalue weighted by Gasteiger charge is 2.23. The summed E-state index contributed by atoms with van der Waals surface area (Å²) in [5, 5.41) is 18.0. The lowest BCUT2D eigenvalue weighted by atomic mass is 10.1. The number of carbonyl (C=O) groups excluding carboxylic acids is 2. The predicted molar refractivity (Wildman–Crippen MR) is 139 cm³/mol. The molecular formula is C24H19BrClN5O2S. The number of benzene rings is 3. The molecule has 0 spiro atoms. The largest absolute Gasteiger partial charge is 0.326 e. The lowest BCUT2D eigenvalue weighted by molar-refractivity contribution is -0.117. The number of carbonyl (C=O) groups is 2. The minimum absolute atomic E-state index is 0.302. The van der Waals surface area contributed by atoms with Crippen molar-refractivity contribution in [2.45, 2.75) is 12.5 Å². The number of amides is 3. The van der Waals surface area contributed by atoms with Crippen molar-refractivity contribution in [1.29, 1.82) is 0 Å². The molecule has 0 saturated heterocycles. The number of nitrogens with one attached hydrogen (secondary N) is 3. The number of rotatable bonds is 7. The van der Waals surface area contributed by atoms with Crippen molar-refractivity contribution in [2.24, 2.45) is 0 Å². The fourth-order valence-corrected chi connectivity index (χ4v) is 4.46. The lowest BCUT2D eigenvalue weighted by Gasteiger charge is -2.18. The van der Waals surface area contributed by atoms with Crippen molar-refractivity contribution in [3.8, 4) is 10.6 Å². The van der Waals surface area contributed by atoms with E-state index in [1.165, 1.54) is 11.3 Å². The highest BCUT2D eigenvalue weighted by molar-refractivity contribution is 9.10. The molecule has 0 saturated carbocycles. The lowest BCUT2D eigenvalue weighted by Crippen LogP contribution is -2.47. The van der Waals surface area contributed by atoms with E-state index in [1.807, 2.05) is 60.7 Å². The van der Waals surface area contributed by atoms with E-state index in [9.17, 15) is 9.59 Å². The van der Waals surface area contributed by atoms with Crippen molar-refractivity contribution in [1.82, 2.24) is 15.5 Å². The smallest absolute Gasteiger partial charge is 0.319 e. The molecule has 0 aliphatic rings. The SMILES string of the molecule is O=C(Nc1ccccc1Br)N[C@H](Cc1ccccc1)C(=O)Nc1nnc(-c2cccc(Cl)c2)s1. The monoisotopic (exact) mass is 555 g/mol. The van der Waals surface area contributed by atoms with Crippen molar-refractivity contribution >= 4 is 61.6 Å². The Balaban J connectivity index is 1.48. The van der Waals surface area contributed by atoms with E-state index in [0.29, 0.717) is 27.3 Å². The van der Waals surface area contributed by atoms with Gasteiger partial charge < -0.3 is 10.6 Å². The van der Waals surface area contributed by atoms with Crippen LogP contribution in [0.4, 0.5) is 15.6 Å². The minimum Gasteiger partial charge on any atom is -0.326 e. The third-order valence-electron chi connectivity index (χ3n) is 4.75. The van der Waals surface area contributed by atoms with Crippen molar-refractivity contribution in [2.75, 3.05) is 10.6 Å². The van der Waals surface area contributed by atoms with Gasteiger partial charge in [-0.1, -0.05) is 77.5 Å². The van der Waals surface area contributed by atoms with Crippen LogP contribution in [-0.2, 0) is 11.2 Å². The Kier molecular flexibility index (Phi) is 7.89. The van der Waals surface area contributed by atoms with Crippen LogP contribution in [-0.4, -0.2) is 28.2 Å². The van der Waals surface area contributed by atoms with Gasteiger partial charge in [-0.25, -0.2) is 4.79 Å². The van der Waals surface area contributed by atoms with Gasteiger partial charge in [-0.2, -0.15) is 0 Å². The van der Waals surface area contributed by atoms with Crippen LogP contribution in [0.5, 0.6) is 0 Å². The quantitative estimate of drug-likeness (QED) is 0.260. The molecule has 7 nitrogen and oxygen atoms in total. The van der Waals surface area contributed by atoms with E-state index in [2.05, 4.69) is 42.1 Å². The van der Waals surface area contributed by atoms with Gasteiger partial charge in [0.15, 0.2) is 0 Å². The molecule has 4 rings (SSSR count). The first-order chi connectivity index (χ1) is 16.5. The molecule has 3 N–H and O–H groups in total. The first-order valence-electron chi connectivity index (χ1n) is 10.2. The normalized spacial score (nSPS) is 11.5. The molecule has 3 amide bonds. The van der Waals surface area contributed by atoms with E-state index in [4.69, 9.17) is 11.6 Å². The third kappa shape index (κ3) is 6.40. The molecule has 0 aliphatic carbocycles. The third-order valence-corrected chi connectivity index (χ3v) is 6.57. The Morgan fingerprint density at radius 3 is 2.47 bits per heavy atom. The summed E-state index contributed by atoms with van der Waals surface area (Å²) in [5.41, 5.74) is 2.30. The first kappa shape index (κ1) is 23.9. The molecule has 0 unspecified atom stereocenters. The molecule has 0 fully saturated rings. The molecule has 3 aromatic carbocycles. The zero-order valence-corrected chi connectivity index (χ0v) is 20.8. The second-order valence-electron chi connectivity index (χ2n) is 7.23. The van der Waals surface area contributed by atoms with Crippen LogP contribution in [0.3, 0.4) is 0 Å². The molecule has 4 aromatic rings.